The molecule has 2 heterocycles. The van der Waals surface area contributed by atoms with Crippen LogP contribution in [0.5, 0.6) is 0 Å². The molecule has 3 aromatic rings. The molecule has 0 spiro atoms. The Morgan fingerprint density at radius 1 is 1.17 bits per heavy atom. The van der Waals surface area contributed by atoms with Gasteiger partial charge in [-0.15, -0.1) is 0 Å². The molecule has 3 rings (SSSR count). The van der Waals surface area contributed by atoms with E-state index in [0.29, 0.717) is 0 Å². The molecule has 0 aliphatic rings. The lowest BCUT2D eigenvalue weighted by Gasteiger charge is -2.12. The zero-order valence-corrected chi connectivity index (χ0v) is 14.9. The molecule has 0 aliphatic carbocycles. The number of aryl methyl sites for hydroxylation is 1. The largest absolute Gasteiger partial charge is 0.390 e. The molecule has 0 saturated heterocycles. The minimum Gasteiger partial charge on any atom is -0.390 e. The highest BCUT2D eigenvalue weighted by molar-refractivity contribution is 7.16. The Hall–Kier alpha value is -1.72. The van der Waals surface area contributed by atoms with Crippen LogP contribution < -0.4 is 0 Å². The minimum absolute atomic E-state index is 0.0138. The fourth-order valence-corrected chi connectivity index (χ4v) is 3.56. The van der Waals surface area contributed by atoms with E-state index in [1.165, 1.54) is 5.56 Å². The van der Waals surface area contributed by atoms with Crippen LogP contribution in [0.3, 0.4) is 0 Å². The zero-order chi connectivity index (χ0) is 16.6. The Labute approximate surface area is 140 Å². The number of hydrogen-bond donors (Lipinski definition) is 1. The Bertz CT molecular complexity index is 809. The van der Waals surface area contributed by atoms with Crippen LogP contribution in [0.1, 0.15) is 50.4 Å². The van der Waals surface area contributed by atoms with Gasteiger partial charge in [0, 0.05) is 11.0 Å². The quantitative estimate of drug-likeness (QED) is 0.780. The van der Waals surface area contributed by atoms with Crippen molar-refractivity contribution in [3.63, 3.8) is 0 Å². The van der Waals surface area contributed by atoms with Gasteiger partial charge in [0.15, 0.2) is 0 Å². The predicted molar refractivity (Wildman–Crippen MR) is 94.9 cm³/mol. The van der Waals surface area contributed by atoms with Crippen LogP contribution in [-0.2, 0) is 18.4 Å². The van der Waals surface area contributed by atoms with Gasteiger partial charge in [-0.05, 0) is 12.0 Å². The number of imidazole rings is 1. The Morgan fingerprint density at radius 2 is 1.87 bits per heavy atom. The van der Waals surface area contributed by atoms with E-state index in [-0.39, 0.29) is 12.0 Å². The van der Waals surface area contributed by atoms with Gasteiger partial charge in [0.05, 0.1) is 18.0 Å². The first-order chi connectivity index (χ1) is 10.9. The molecule has 23 heavy (non-hydrogen) atoms. The van der Waals surface area contributed by atoms with Crippen LogP contribution in [0, 0.1) is 0 Å². The molecule has 5 heteroatoms. The molecule has 122 valence electrons. The second-order valence-electron chi connectivity index (χ2n) is 6.86. The topological polar surface area (TPSA) is 50.4 Å². The fraction of sp³-hybridized carbons (Fsp3) is 0.444. The maximum atomic E-state index is 9.82. The summed E-state index contributed by atoms with van der Waals surface area (Å²) in [5.41, 5.74) is 3.93. The second-order valence-corrected chi connectivity index (χ2v) is 7.82. The second kappa shape index (κ2) is 6.06. The molecule has 0 saturated carbocycles. The van der Waals surface area contributed by atoms with Gasteiger partial charge in [-0.25, -0.2) is 9.50 Å². The normalized spacial score (nSPS) is 12.2. The third kappa shape index (κ3) is 3.03. The van der Waals surface area contributed by atoms with Crippen LogP contribution in [0.15, 0.2) is 24.3 Å². The highest BCUT2D eigenvalue weighted by Gasteiger charge is 2.23. The molecule has 1 aromatic carbocycles. The summed E-state index contributed by atoms with van der Waals surface area (Å²) in [6.07, 6.45) is 2.23. The maximum Gasteiger partial charge on any atom is 0.213 e. The van der Waals surface area contributed by atoms with Gasteiger partial charge < -0.3 is 5.11 Å². The first-order valence-corrected chi connectivity index (χ1v) is 8.84. The summed E-state index contributed by atoms with van der Waals surface area (Å²) in [5.74, 6) is 0. The first-order valence-electron chi connectivity index (χ1n) is 8.03. The first kappa shape index (κ1) is 16.1. The van der Waals surface area contributed by atoms with Crippen LogP contribution in [0.2, 0.25) is 0 Å². The van der Waals surface area contributed by atoms with Crippen LogP contribution in [-0.4, -0.2) is 19.7 Å². The van der Waals surface area contributed by atoms with Crippen molar-refractivity contribution in [3.8, 4) is 11.3 Å². The molecule has 0 radical (unpaired) electrons. The third-order valence-corrected chi connectivity index (χ3v) is 5.19. The Balaban J connectivity index is 2.05. The Kier molecular flexibility index (Phi) is 4.25. The molecule has 1 N–H and O–H groups in total. The molecular formula is C18H23N3OS. The third-order valence-electron chi connectivity index (χ3n) is 3.85. The van der Waals surface area contributed by atoms with E-state index in [4.69, 9.17) is 4.98 Å². The van der Waals surface area contributed by atoms with Crippen molar-refractivity contribution in [1.82, 2.24) is 14.6 Å². The van der Waals surface area contributed by atoms with E-state index in [1.54, 1.807) is 15.9 Å². The molecule has 0 aliphatic heterocycles. The van der Waals surface area contributed by atoms with Gasteiger partial charge in [-0.2, -0.15) is 5.10 Å². The summed E-state index contributed by atoms with van der Waals surface area (Å²) in [6, 6.07) is 8.45. The van der Waals surface area contributed by atoms with E-state index in [2.05, 4.69) is 57.1 Å². The molecule has 0 atom stereocenters. The molecule has 2 aromatic heterocycles. The fourth-order valence-electron chi connectivity index (χ4n) is 2.58. The summed E-state index contributed by atoms with van der Waals surface area (Å²) in [7, 11) is 0. The van der Waals surface area contributed by atoms with Crippen molar-refractivity contribution < 1.29 is 5.11 Å². The van der Waals surface area contributed by atoms with E-state index >= 15 is 0 Å². The zero-order valence-electron chi connectivity index (χ0n) is 14.1. The number of aromatic nitrogens is 3. The molecule has 0 bridgehead atoms. The van der Waals surface area contributed by atoms with Gasteiger partial charge in [0.1, 0.15) is 5.01 Å². The van der Waals surface area contributed by atoms with Gasteiger partial charge in [0.25, 0.3) is 0 Å². The molecule has 0 unspecified atom stereocenters. The predicted octanol–water partition coefficient (Wildman–Crippen LogP) is 4.20. The molecule has 0 fully saturated rings. The van der Waals surface area contributed by atoms with Crippen LogP contribution >= 0.6 is 11.3 Å². The summed E-state index contributed by atoms with van der Waals surface area (Å²) >= 11 is 1.59. The number of aliphatic hydroxyl groups excluding tert-OH is 1. The number of benzene rings is 1. The van der Waals surface area contributed by atoms with Crippen molar-refractivity contribution in [2.24, 2.45) is 0 Å². The highest BCUT2D eigenvalue weighted by atomic mass is 32.1. The van der Waals surface area contributed by atoms with Crippen LogP contribution in [0.4, 0.5) is 0 Å². The average molecular weight is 329 g/mol. The Morgan fingerprint density at radius 3 is 2.43 bits per heavy atom. The van der Waals surface area contributed by atoms with Crippen molar-refractivity contribution in [3.05, 3.63) is 40.5 Å². The van der Waals surface area contributed by atoms with Gasteiger partial charge in [-0.3, -0.25) is 0 Å². The van der Waals surface area contributed by atoms with Crippen molar-refractivity contribution in [1.29, 1.82) is 0 Å². The van der Waals surface area contributed by atoms with Gasteiger partial charge in [0.2, 0.25) is 4.96 Å². The summed E-state index contributed by atoms with van der Waals surface area (Å²) < 4.78 is 1.79. The highest BCUT2D eigenvalue weighted by Crippen LogP contribution is 2.31. The minimum atomic E-state index is -0.0689. The van der Waals surface area contributed by atoms with E-state index in [0.717, 1.165) is 39.8 Å². The summed E-state index contributed by atoms with van der Waals surface area (Å²) in [6.45, 7) is 8.52. The number of nitrogens with zero attached hydrogens (tertiary/aromatic N) is 3. The monoisotopic (exact) mass is 329 g/mol. The summed E-state index contributed by atoms with van der Waals surface area (Å²) in [5, 5.41) is 15.5. The van der Waals surface area contributed by atoms with Crippen molar-refractivity contribution in [2.45, 2.75) is 52.6 Å². The van der Waals surface area contributed by atoms with Gasteiger partial charge in [-0.1, -0.05) is 69.7 Å². The van der Waals surface area contributed by atoms with E-state index in [1.807, 2.05) is 0 Å². The van der Waals surface area contributed by atoms with E-state index in [9.17, 15) is 5.11 Å². The van der Waals surface area contributed by atoms with Crippen molar-refractivity contribution in [2.75, 3.05) is 0 Å². The number of rotatable bonds is 4. The lowest BCUT2D eigenvalue weighted by Crippen LogP contribution is -2.11. The average Bonchev–Trinajstić information content (AvgIpc) is 3.05. The smallest absolute Gasteiger partial charge is 0.213 e. The summed E-state index contributed by atoms with van der Waals surface area (Å²) in [4.78, 5) is 5.56. The van der Waals surface area contributed by atoms with Crippen molar-refractivity contribution >= 4 is 16.3 Å². The van der Waals surface area contributed by atoms with E-state index < -0.39 is 0 Å². The lowest BCUT2D eigenvalue weighted by molar-refractivity contribution is 0.274. The molecule has 4 nitrogen and oxygen atoms in total. The number of aliphatic hydroxyl groups is 1. The standard InChI is InChI=1S/C18H23N3OS/c1-5-6-12-7-9-13(10-8-12)15-14(11-22)21-17(19-15)23-16(20-21)18(2,3)4/h7-10,22H,5-6,11H2,1-4H3. The SMILES string of the molecule is CCCc1ccc(-c2nc3sc(C(C)(C)C)nn3c2CO)cc1. The van der Waals surface area contributed by atoms with Crippen LogP contribution in [0.25, 0.3) is 16.2 Å². The lowest BCUT2D eigenvalue weighted by atomic mass is 9.98. The number of hydrogen-bond acceptors (Lipinski definition) is 4. The van der Waals surface area contributed by atoms with Gasteiger partial charge >= 0.3 is 0 Å². The maximum absolute atomic E-state index is 9.82. The molecule has 0 amide bonds. The molecular weight excluding hydrogens is 306 g/mol. The number of fused-ring (bicyclic) bond motifs is 1.